The second-order valence-electron chi connectivity index (χ2n) is 6.42. The van der Waals surface area contributed by atoms with E-state index in [0.717, 1.165) is 51.8 Å². The van der Waals surface area contributed by atoms with Crippen LogP contribution in [0.25, 0.3) is 46.4 Å². The van der Waals surface area contributed by atoms with E-state index in [-0.39, 0.29) is 17.1 Å². The normalized spacial score (nSPS) is 11.3. The van der Waals surface area contributed by atoms with Crippen LogP contribution in [0, 0.1) is 0 Å². The van der Waals surface area contributed by atoms with Gasteiger partial charge in [-0.15, -0.1) is 0 Å². The SMILES string of the molecule is C1=Cc2cc3ccc(cc4ccc(cc5nc(cc1n2)C=C5)[nH]4)[nH]3.CC(=O)O.[Mn]. The fraction of sp³-hybridized carbons (Fsp3) is 0.0455. The van der Waals surface area contributed by atoms with Gasteiger partial charge in [0.1, 0.15) is 0 Å². The molecule has 1 radical (unpaired) electrons. The van der Waals surface area contributed by atoms with Crippen LogP contribution in [0.2, 0.25) is 0 Å². The van der Waals surface area contributed by atoms with Gasteiger partial charge in [-0.3, -0.25) is 4.79 Å². The monoisotopic (exact) mass is 425 g/mol. The first-order valence-electron chi connectivity index (χ1n) is 8.77. The molecule has 0 saturated heterocycles. The van der Waals surface area contributed by atoms with Crippen molar-refractivity contribution in [3.05, 3.63) is 71.3 Å². The van der Waals surface area contributed by atoms with Gasteiger partial charge in [0.15, 0.2) is 0 Å². The summed E-state index contributed by atoms with van der Waals surface area (Å²) in [7, 11) is 0. The van der Waals surface area contributed by atoms with Gasteiger partial charge in [0, 0.05) is 46.1 Å². The fourth-order valence-electron chi connectivity index (χ4n) is 2.94. The van der Waals surface area contributed by atoms with E-state index < -0.39 is 5.97 Å². The van der Waals surface area contributed by atoms with Crippen LogP contribution < -0.4 is 0 Å². The molecule has 0 saturated carbocycles. The molecule has 0 aromatic carbocycles. The average molecular weight is 425 g/mol. The van der Waals surface area contributed by atoms with Gasteiger partial charge in [0.2, 0.25) is 0 Å². The number of nitrogens with zero attached hydrogens (tertiary/aromatic N) is 2. The van der Waals surface area contributed by atoms with E-state index in [1.54, 1.807) is 0 Å². The molecule has 2 aliphatic heterocycles. The molecule has 0 aliphatic carbocycles. The van der Waals surface area contributed by atoms with Crippen molar-refractivity contribution in [3.8, 4) is 0 Å². The van der Waals surface area contributed by atoms with Crippen LogP contribution in [0.3, 0.4) is 0 Å². The number of nitrogens with one attached hydrogen (secondary N) is 2. The molecule has 0 amide bonds. The van der Waals surface area contributed by atoms with Crippen molar-refractivity contribution in [2.45, 2.75) is 6.92 Å². The molecule has 29 heavy (non-hydrogen) atoms. The molecule has 0 spiro atoms. The number of hydrogen-bond acceptors (Lipinski definition) is 3. The van der Waals surface area contributed by atoms with Gasteiger partial charge in [-0.25, -0.2) is 9.97 Å². The van der Waals surface area contributed by atoms with E-state index >= 15 is 0 Å². The number of hydrogen-bond donors (Lipinski definition) is 3. The van der Waals surface area contributed by atoms with Crippen LogP contribution in [-0.4, -0.2) is 31.0 Å². The van der Waals surface area contributed by atoms with Gasteiger partial charge in [-0.2, -0.15) is 0 Å². The van der Waals surface area contributed by atoms with Crippen LogP contribution in [0.1, 0.15) is 29.7 Å². The van der Waals surface area contributed by atoms with E-state index in [0.29, 0.717) is 0 Å². The molecule has 0 unspecified atom stereocenters. The van der Waals surface area contributed by atoms with Gasteiger partial charge in [-0.05, 0) is 72.8 Å². The maximum atomic E-state index is 9.00. The third-order valence-corrected chi connectivity index (χ3v) is 4.04. The molecule has 145 valence electrons. The number of H-pyrrole nitrogens is 2. The zero-order chi connectivity index (χ0) is 19.5. The van der Waals surface area contributed by atoms with Crippen LogP contribution in [0.15, 0.2) is 48.5 Å². The predicted molar refractivity (Wildman–Crippen MR) is 112 cm³/mol. The van der Waals surface area contributed by atoms with E-state index in [1.807, 2.05) is 42.5 Å². The average Bonchev–Trinajstić information content (AvgIpc) is 3.39. The summed E-state index contributed by atoms with van der Waals surface area (Å²) in [5.74, 6) is -0.833. The number of fused-ring (bicyclic) bond motifs is 8. The smallest absolute Gasteiger partial charge is 0.300 e. The van der Waals surface area contributed by atoms with Gasteiger partial charge >= 0.3 is 0 Å². The summed E-state index contributed by atoms with van der Waals surface area (Å²) in [5.41, 5.74) is 7.86. The number of aromatic nitrogens is 4. The van der Waals surface area contributed by atoms with Crippen molar-refractivity contribution in [2.24, 2.45) is 0 Å². The van der Waals surface area contributed by atoms with Crippen LogP contribution >= 0.6 is 0 Å². The van der Waals surface area contributed by atoms with Crippen molar-refractivity contribution < 1.29 is 27.0 Å². The Bertz CT molecular complexity index is 1180. The summed E-state index contributed by atoms with van der Waals surface area (Å²) in [4.78, 5) is 25.0. The molecule has 5 rings (SSSR count). The number of rotatable bonds is 0. The Kier molecular flexibility index (Phi) is 6.12. The number of carbonyl (C=O) groups is 1. The van der Waals surface area contributed by atoms with Crippen molar-refractivity contribution in [1.29, 1.82) is 0 Å². The molecular weight excluding hydrogens is 407 g/mol. The Hall–Kier alpha value is -3.41. The molecule has 2 aliphatic rings. The molecule has 8 bridgehead atoms. The maximum absolute atomic E-state index is 9.00. The molecule has 3 aromatic rings. The second kappa shape index (κ2) is 8.73. The van der Waals surface area contributed by atoms with Crippen molar-refractivity contribution in [1.82, 2.24) is 19.9 Å². The Morgan fingerprint density at radius 3 is 1.38 bits per heavy atom. The van der Waals surface area contributed by atoms with Gasteiger partial charge < -0.3 is 15.1 Å². The quantitative estimate of drug-likeness (QED) is 0.312. The Morgan fingerprint density at radius 2 is 1.00 bits per heavy atom. The largest absolute Gasteiger partial charge is 0.481 e. The molecule has 0 atom stereocenters. The minimum atomic E-state index is -0.833. The molecule has 5 heterocycles. The third kappa shape index (κ3) is 5.31. The van der Waals surface area contributed by atoms with Crippen molar-refractivity contribution in [2.75, 3.05) is 0 Å². The zero-order valence-electron chi connectivity index (χ0n) is 15.6. The maximum Gasteiger partial charge on any atom is 0.300 e. The number of carboxylic acid groups (broad SMARTS) is 1. The predicted octanol–water partition coefficient (Wildman–Crippen LogP) is 4.74. The molecule has 6 nitrogen and oxygen atoms in total. The molecule has 7 heteroatoms. The molecule has 0 fully saturated rings. The van der Waals surface area contributed by atoms with Crippen LogP contribution in [0.4, 0.5) is 0 Å². The summed E-state index contributed by atoms with van der Waals surface area (Å²) in [6.07, 6.45) is 8.05. The van der Waals surface area contributed by atoms with E-state index in [2.05, 4.69) is 50.3 Å². The minimum absolute atomic E-state index is 0. The van der Waals surface area contributed by atoms with E-state index in [4.69, 9.17) is 9.90 Å². The first-order chi connectivity index (χ1) is 13.5. The molecule has 3 N–H and O–H groups in total. The van der Waals surface area contributed by atoms with Gasteiger partial charge in [-0.1, -0.05) is 0 Å². The minimum Gasteiger partial charge on any atom is -0.481 e. The standard InChI is InChI=1S/C20H14N4.C2H4O2.Mn/c1-2-14-10-16-5-6-18(23-16)12-20-8-7-19(24-20)11-17-4-3-15(22-17)9-13(1)21-14;1-2(3)4;/h1-12,21-22H;1H3,(H,3,4);. The summed E-state index contributed by atoms with van der Waals surface area (Å²) in [6, 6.07) is 16.4. The van der Waals surface area contributed by atoms with E-state index in [9.17, 15) is 0 Å². The molecule has 3 aromatic heterocycles. The first kappa shape index (κ1) is 20.3. The first-order valence-corrected chi connectivity index (χ1v) is 8.77. The third-order valence-electron chi connectivity index (χ3n) is 4.04. The van der Waals surface area contributed by atoms with Crippen molar-refractivity contribution >= 4 is 52.3 Å². The second-order valence-corrected chi connectivity index (χ2v) is 6.42. The number of aromatic amines is 2. The Morgan fingerprint density at radius 1 is 0.690 bits per heavy atom. The zero-order valence-corrected chi connectivity index (χ0v) is 16.7. The topological polar surface area (TPSA) is 94.7 Å². The van der Waals surface area contributed by atoms with Crippen LogP contribution in [-0.2, 0) is 21.9 Å². The summed E-state index contributed by atoms with van der Waals surface area (Å²) >= 11 is 0. The Balaban J connectivity index is 0.000000443. The Labute approximate surface area is 177 Å². The molecular formula is C22H18MnN4O2. The van der Waals surface area contributed by atoms with Crippen LogP contribution in [0.5, 0.6) is 0 Å². The summed E-state index contributed by atoms with van der Waals surface area (Å²) < 4.78 is 0. The summed E-state index contributed by atoms with van der Waals surface area (Å²) in [6.45, 7) is 1.08. The van der Waals surface area contributed by atoms with Crippen molar-refractivity contribution in [3.63, 3.8) is 0 Å². The number of carboxylic acids is 1. The fourth-order valence-corrected chi connectivity index (χ4v) is 2.94. The summed E-state index contributed by atoms with van der Waals surface area (Å²) in [5, 5.41) is 7.42. The van der Waals surface area contributed by atoms with E-state index in [1.165, 1.54) is 0 Å². The van der Waals surface area contributed by atoms with Gasteiger partial charge in [0.25, 0.3) is 5.97 Å². The number of aliphatic carboxylic acids is 1. The van der Waals surface area contributed by atoms with Gasteiger partial charge in [0.05, 0.1) is 22.8 Å².